The zero-order valence-corrected chi connectivity index (χ0v) is 13.3. The Morgan fingerprint density at radius 3 is 2.53 bits per heavy atom. The predicted octanol–water partition coefficient (Wildman–Crippen LogP) is 1.83. The van der Waals surface area contributed by atoms with E-state index in [4.69, 9.17) is 4.74 Å². The molecule has 1 aliphatic carbocycles. The highest BCUT2D eigenvalue weighted by Gasteiger charge is 2.41. The van der Waals surface area contributed by atoms with Gasteiger partial charge < -0.3 is 4.74 Å². The quantitative estimate of drug-likeness (QED) is 0.784. The molecule has 112 valence electrons. The molecule has 1 saturated carbocycles. The van der Waals surface area contributed by atoms with Crippen LogP contribution in [-0.2, 0) is 19.6 Å². The van der Waals surface area contributed by atoms with Gasteiger partial charge in [0, 0.05) is 12.5 Å². The second kappa shape index (κ2) is 5.40. The first kappa shape index (κ1) is 16.4. The molecule has 2 atom stereocenters. The van der Waals surface area contributed by atoms with Crippen molar-refractivity contribution < 1.29 is 17.9 Å². The van der Waals surface area contributed by atoms with Crippen molar-refractivity contribution in [3.05, 3.63) is 0 Å². The summed E-state index contributed by atoms with van der Waals surface area (Å²) >= 11 is 0. The summed E-state index contributed by atoms with van der Waals surface area (Å²) in [4.78, 5) is 12.1. The second-order valence-corrected chi connectivity index (χ2v) is 8.19. The van der Waals surface area contributed by atoms with Gasteiger partial charge in [-0.15, -0.1) is 0 Å². The molecule has 1 rings (SSSR count). The van der Waals surface area contributed by atoms with Crippen molar-refractivity contribution in [2.24, 2.45) is 5.41 Å². The number of ether oxygens (including phenoxy) is 1. The molecular weight excluding hydrogens is 266 g/mol. The van der Waals surface area contributed by atoms with E-state index in [1.807, 2.05) is 27.7 Å². The van der Waals surface area contributed by atoms with E-state index in [2.05, 4.69) is 4.72 Å². The third kappa shape index (κ3) is 4.76. The Balaban J connectivity index is 2.63. The van der Waals surface area contributed by atoms with Crippen LogP contribution >= 0.6 is 0 Å². The molecule has 1 aliphatic rings. The van der Waals surface area contributed by atoms with Gasteiger partial charge in [-0.2, -0.15) is 0 Å². The Morgan fingerprint density at radius 1 is 1.47 bits per heavy atom. The van der Waals surface area contributed by atoms with E-state index in [0.29, 0.717) is 25.7 Å². The van der Waals surface area contributed by atoms with E-state index in [-0.39, 0.29) is 12.0 Å². The van der Waals surface area contributed by atoms with Crippen LogP contribution in [0.25, 0.3) is 0 Å². The molecule has 1 fully saturated rings. The van der Waals surface area contributed by atoms with Crippen LogP contribution in [-0.4, -0.2) is 32.3 Å². The van der Waals surface area contributed by atoms with Crippen molar-refractivity contribution in [2.45, 2.75) is 65.0 Å². The van der Waals surface area contributed by atoms with Crippen LogP contribution in [0.1, 0.15) is 53.4 Å². The van der Waals surface area contributed by atoms with Crippen molar-refractivity contribution in [1.29, 1.82) is 0 Å². The number of carbonyl (C=O) groups is 1. The minimum Gasteiger partial charge on any atom is -0.459 e. The summed E-state index contributed by atoms with van der Waals surface area (Å²) in [6.07, 6.45) is 3.78. The van der Waals surface area contributed by atoms with Crippen molar-refractivity contribution in [2.75, 3.05) is 6.26 Å². The number of sulfonamides is 1. The summed E-state index contributed by atoms with van der Waals surface area (Å²) in [6, 6.07) is -0.141. The first-order valence-corrected chi connectivity index (χ1v) is 8.57. The molecule has 0 heterocycles. The van der Waals surface area contributed by atoms with Crippen molar-refractivity contribution in [3.8, 4) is 0 Å². The summed E-state index contributed by atoms with van der Waals surface area (Å²) in [5.41, 5.74) is -1.06. The maximum Gasteiger partial charge on any atom is 0.312 e. The van der Waals surface area contributed by atoms with Gasteiger partial charge in [-0.1, -0.05) is 6.92 Å². The summed E-state index contributed by atoms with van der Waals surface area (Å²) in [5, 5.41) is 0. The molecular formula is C13H25NO4S. The molecule has 0 aromatic rings. The molecule has 0 amide bonds. The number of hydrogen-bond donors (Lipinski definition) is 1. The predicted molar refractivity (Wildman–Crippen MR) is 74.2 cm³/mol. The summed E-state index contributed by atoms with van der Waals surface area (Å²) < 4.78 is 30.6. The lowest BCUT2D eigenvalue weighted by Gasteiger charge is -2.30. The number of esters is 1. The minimum atomic E-state index is -3.21. The van der Waals surface area contributed by atoms with Crippen LogP contribution in [0.4, 0.5) is 0 Å². The van der Waals surface area contributed by atoms with Gasteiger partial charge in [0.15, 0.2) is 0 Å². The van der Waals surface area contributed by atoms with Crippen LogP contribution in [0.5, 0.6) is 0 Å². The van der Waals surface area contributed by atoms with Gasteiger partial charge in [0.05, 0.1) is 11.7 Å². The summed E-state index contributed by atoms with van der Waals surface area (Å²) in [7, 11) is -3.21. The molecule has 0 aliphatic heterocycles. The normalized spacial score (nSPS) is 28.4. The van der Waals surface area contributed by atoms with Crippen LogP contribution in [0, 0.1) is 5.41 Å². The van der Waals surface area contributed by atoms with Crippen molar-refractivity contribution in [3.63, 3.8) is 0 Å². The molecule has 1 N–H and O–H groups in total. The molecule has 0 aromatic heterocycles. The van der Waals surface area contributed by atoms with Gasteiger partial charge in [-0.3, -0.25) is 4.79 Å². The standard InChI is InChI=1S/C13H25NO4S/c1-6-12(2,3)11(15)18-13(4)8-7-10(9-13)14-19(5,16)17/h10,14H,6-9H2,1-5H3. The van der Waals surface area contributed by atoms with Gasteiger partial charge >= 0.3 is 5.97 Å². The zero-order valence-electron chi connectivity index (χ0n) is 12.4. The monoisotopic (exact) mass is 291 g/mol. The number of rotatable bonds is 5. The van der Waals surface area contributed by atoms with Gasteiger partial charge in [0.1, 0.15) is 5.60 Å². The highest BCUT2D eigenvalue weighted by Crippen LogP contribution is 2.36. The van der Waals surface area contributed by atoms with Gasteiger partial charge in [0.2, 0.25) is 10.0 Å². The Morgan fingerprint density at radius 2 is 2.05 bits per heavy atom. The molecule has 6 heteroatoms. The molecule has 0 bridgehead atoms. The molecule has 0 aromatic carbocycles. The molecule has 2 unspecified atom stereocenters. The first-order valence-electron chi connectivity index (χ1n) is 6.68. The highest BCUT2D eigenvalue weighted by atomic mass is 32.2. The van der Waals surface area contributed by atoms with Crippen LogP contribution < -0.4 is 4.72 Å². The lowest BCUT2D eigenvalue weighted by Crippen LogP contribution is -2.38. The van der Waals surface area contributed by atoms with Crippen molar-refractivity contribution >= 4 is 16.0 Å². The molecule has 0 saturated heterocycles. The number of hydrogen-bond acceptors (Lipinski definition) is 4. The van der Waals surface area contributed by atoms with Gasteiger partial charge in [0.25, 0.3) is 0 Å². The Kier molecular flexibility index (Phi) is 4.67. The van der Waals surface area contributed by atoms with E-state index in [9.17, 15) is 13.2 Å². The fourth-order valence-corrected chi connectivity index (χ4v) is 3.01. The Labute approximate surface area is 116 Å². The van der Waals surface area contributed by atoms with Crippen molar-refractivity contribution in [1.82, 2.24) is 4.72 Å². The fourth-order valence-electron chi connectivity index (χ4n) is 2.21. The van der Waals surface area contributed by atoms with Gasteiger partial charge in [-0.25, -0.2) is 13.1 Å². The van der Waals surface area contributed by atoms with Crippen LogP contribution in [0.2, 0.25) is 0 Å². The average Bonchev–Trinajstić information content (AvgIpc) is 2.57. The maximum absolute atomic E-state index is 12.1. The van der Waals surface area contributed by atoms with E-state index >= 15 is 0 Å². The van der Waals surface area contributed by atoms with Gasteiger partial charge in [-0.05, 0) is 40.0 Å². The maximum atomic E-state index is 12.1. The molecule has 0 radical (unpaired) electrons. The van der Waals surface area contributed by atoms with Crippen LogP contribution in [0.3, 0.4) is 0 Å². The molecule has 19 heavy (non-hydrogen) atoms. The van der Waals surface area contributed by atoms with Crippen LogP contribution in [0.15, 0.2) is 0 Å². The fraction of sp³-hybridized carbons (Fsp3) is 0.923. The minimum absolute atomic E-state index is 0.141. The lowest BCUT2D eigenvalue weighted by molar-refractivity contribution is -0.168. The van der Waals surface area contributed by atoms with E-state index in [1.54, 1.807) is 0 Å². The lowest BCUT2D eigenvalue weighted by atomic mass is 9.90. The molecule has 5 nitrogen and oxygen atoms in total. The Hall–Kier alpha value is -0.620. The average molecular weight is 291 g/mol. The second-order valence-electron chi connectivity index (χ2n) is 6.41. The zero-order chi connectivity index (χ0) is 14.9. The van der Waals surface area contributed by atoms with E-state index < -0.39 is 21.0 Å². The first-order chi connectivity index (χ1) is 8.47. The molecule has 0 spiro atoms. The van der Waals surface area contributed by atoms with E-state index in [0.717, 1.165) is 6.26 Å². The Bertz CT molecular complexity index is 444. The number of carbonyl (C=O) groups excluding carboxylic acids is 1. The number of nitrogens with one attached hydrogen (secondary N) is 1. The third-order valence-electron chi connectivity index (χ3n) is 3.86. The van der Waals surface area contributed by atoms with E-state index in [1.165, 1.54) is 0 Å². The largest absolute Gasteiger partial charge is 0.459 e. The SMILES string of the molecule is CCC(C)(C)C(=O)OC1(C)CCC(NS(C)(=O)=O)C1. The summed E-state index contributed by atoms with van der Waals surface area (Å²) in [5.74, 6) is -0.211. The third-order valence-corrected chi connectivity index (χ3v) is 4.62. The smallest absolute Gasteiger partial charge is 0.312 e. The summed E-state index contributed by atoms with van der Waals surface area (Å²) in [6.45, 7) is 7.55. The topological polar surface area (TPSA) is 72.5 Å². The highest BCUT2D eigenvalue weighted by molar-refractivity contribution is 7.88.